The van der Waals surface area contributed by atoms with E-state index in [0.717, 1.165) is 12.1 Å². The molecule has 3 aromatic carbocycles. The van der Waals surface area contributed by atoms with Gasteiger partial charge in [-0.25, -0.2) is 4.21 Å². The van der Waals surface area contributed by atoms with E-state index in [1.807, 2.05) is 0 Å². The molecule has 0 saturated heterocycles. The number of fused-ring (bicyclic) bond motifs is 1. The molecule has 0 aliphatic heterocycles. The van der Waals surface area contributed by atoms with Crippen molar-refractivity contribution in [3.8, 4) is 11.5 Å². The molecule has 0 aliphatic carbocycles. The first-order valence-corrected chi connectivity index (χ1v) is 9.71. The number of nitrogens with zero attached hydrogens (tertiary/aromatic N) is 2. The molecule has 1 atom stereocenters. The minimum absolute atomic E-state index is 0.0646. The Labute approximate surface area is 156 Å². The molecule has 0 saturated carbocycles. The SMILES string of the molecule is O=S([O-])Oc1cccc2c(N=Nc3ccc(S(=O)(=O)O)cc3)c(O)ccc12. The van der Waals surface area contributed by atoms with Crippen LogP contribution in [0.1, 0.15) is 0 Å². The predicted octanol–water partition coefficient (Wildman–Crippen LogP) is 3.38. The lowest BCUT2D eigenvalue weighted by molar-refractivity contribution is 0.442. The predicted molar refractivity (Wildman–Crippen MR) is 95.6 cm³/mol. The molecular formula is C16H11N2O7S2-. The van der Waals surface area contributed by atoms with E-state index in [-0.39, 0.29) is 27.8 Å². The Morgan fingerprint density at radius 2 is 1.67 bits per heavy atom. The molecule has 3 aromatic rings. The number of phenols is 1. The summed E-state index contributed by atoms with van der Waals surface area (Å²) in [5.41, 5.74) is 0.348. The van der Waals surface area contributed by atoms with E-state index >= 15 is 0 Å². The fraction of sp³-hybridized carbons (Fsp3) is 0. The van der Waals surface area contributed by atoms with Crippen LogP contribution in [-0.2, 0) is 21.5 Å². The van der Waals surface area contributed by atoms with Crippen LogP contribution in [0.3, 0.4) is 0 Å². The summed E-state index contributed by atoms with van der Waals surface area (Å²) in [6.45, 7) is 0. The Kier molecular flexibility index (Phi) is 5.19. The molecule has 0 aliphatic rings. The molecule has 1 unspecified atom stereocenters. The Hall–Kier alpha value is -2.86. The Morgan fingerprint density at radius 1 is 0.963 bits per heavy atom. The maximum Gasteiger partial charge on any atom is 0.294 e. The molecule has 140 valence electrons. The zero-order valence-electron chi connectivity index (χ0n) is 13.3. The first-order valence-electron chi connectivity index (χ1n) is 7.27. The van der Waals surface area contributed by atoms with Gasteiger partial charge in [0.25, 0.3) is 10.1 Å². The van der Waals surface area contributed by atoms with Gasteiger partial charge in [0, 0.05) is 10.8 Å². The fourth-order valence-electron chi connectivity index (χ4n) is 2.35. The number of aromatic hydroxyl groups is 1. The van der Waals surface area contributed by atoms with Gasteiger partial charge in [-0.15, -0.1) is 5.11 Å². The van der Waals surface area contributed by atoms with E-state index in [4.69, 9.17) is 8.74 Å². The van der Waals surface area contributed by atoms with Gasteiger partial charge in [-0.3, -0.25) is 4.55 Å². The van der Waals surface area contributed by atoms with Gasteiger partial charge >= 0.3 is 0 Å². The van der Waals surface area contributed by atoms with Crippen LogP contribution < -0.4 is 4.18 Å². The highest BCUT2D eigenvalue weighted by molar-refractivity contribution is 7.85. The van der Waals surface area contributed by atoms with Gasteiger partial charge in [0.05, 0.1) is 10.6 Å². The third kappa shape index (κ3) is 4.28. The van der Waals surface area contributed by atoms with Crippen LogP contribution in [0.5, 0.6) is 11.5 Å². The van der Waals surface area contributed by atoms with E-state index in [9.17, 15) is 22.3 Å². The first kappa shape index (κ1) is 18.9. The Balaban J connectivity index is 2.02. The molecule has 9 nitrogen and oxygen atoms in total. The summed E-state index contributed by atoms with van der Waals surface area (Å²) in [6.07, 6.45) is 0. The second-order valence-corrected chi connectivity index (χ2v) is 7.24. The molecule has 0 fully saturated rings. The molecule has 0 radical (unpaired) electrons. The molecule has 0 spiro atoms. The van der Waals surface area contributed by atoms with E-state index in [2.05, 4.69) is 10.2 Å². The number of benzene rings is 3. The maximum absolute atomic E-state index is 11.0. The van der Waals surface area contributed by atoms with Gasteiger partial charge in [-0.05, 0) is 42.5 Å². The van der Waals surface area contributed by atoms with Crippen LogP contribution >= 0.6 is 0 Å². The highest BCUT2D eigenvalue weighted by Crippen LogP contribution is 2.39. The Morgan fingerprint density at radius 3 is 2.30 bits per heavy atom. The van der Waals surface area contributed by atoms with Crippen molar-refractivity contribution < 1.29 is 31.0 Å². The average Bonchev–Trinajstić information content (AvgIpc) is 2.60. The molecule has 3 rings (SSSR count). The van der Waals surface area contributed by atoms with E-state index in [1.165, 1.54) is 36.4 Å². The number of hydrogen-bond donors (Lipinski definition) is 2. The van der Waals surface area contributed by atoms with E-state index < -0.39 is 21.5 Å². The van der Waals surface area contributed by atoms with Crippen molar-refractivity contribution in [2.75, 3.05) is 0 Å². The third-order valence-electron chi connectivity index (χ3n) is 3.53. The molecule has 0 amide bonds. The second kappa shape index (κ2) is 7.40. The van der Waals surface area contributed by atoms with E-state index in [0.29, 0.717) is 10.8 Å². The maximum atomic E-state index is 11.0. The zero-order valence-corrected chi connectivity index (χ0v) is 15.0. The number of hydrogen-bond acceptors (Lipinski definition) is 8. The molecule has 0 aromatic heterocycles. The van der Waals surface area contributed by atoms with Gasteiger partial charge in [-0.1, -0.05) is 12.1 Å². The molecule has 11 heteroatoms. The van der Waals surface area contributed by atoms with Crippen molar-refractivity contribution in [1.82, 2.24) is 0 Å². The third-order valence-corrected chi connectivity index (χ3v) is 4.71. The van der Waals surface area contributed by atoms with Crippen molar-refractivity contribution >= 4 is 43.6 Å². The van der Waals surface area contributed by atoms with E-state index in [1.54, 1.807) is 6.07 Å². The molecule has 0 bridgehead atoms. The van der Waals surface area contributed by atoms with Crippen molar-refractivity contribution in [2.24, 2.45) is 10.2 Å². The van der Waals surface area contributed by atoms with Crippen LogP contribution in [0.25, 0.3) is 10.8 Å². The van der Waals surface area contributed by atoms with Gasteiger partial charge < -0.3 is 13.8 Å². The summed E-state index contributed by atoms with van der Waals surface area (Å²) in [4.78, 5) is -0.290. The lowest BCUT2D eigenvalue weighted by Crippen LogP contribution is -1.98. The van der Waals surface area contributed by atoms with Gasteiger partial charge in [0.2, 0.25) is 0 Å². The van der Waals surface area contributed by atoms with Crippen molar-refractivity contribution in [3.05, 3.63) is 54.6 Å². The summed E-state index contributed by atoms with van der Waals surface area (Å²) in [5.74, 6) is -0.129. The smallest absolute Gasteiger partial charge is 0.294 e. The topological polar surface area (TPSA) is 149 Å². The highest BCUT2D eigenvalue weighted by Gasteiger charge is 2.11. The van der Waals surface area contributed by atoms with Crippen LogP contribution in [-0.4, -0.2) is 26.8 Å². The van der Waals surface area contributed by atoms with Gasteiger partial charge in [0.1, 0.15) is 28.5 Å². The summed E-state index contributed by atoms with van der Waals surface area (Å²) < 4.78 is 57.3. The van der Waals surface area contributed by atoms with Crippen LogP contribution in [0.2, 0.25) is 0 Å². The average molecular weight is 407 g/mol. The van der Waals surface area contributed by atoms with Crippen molar-refractivity contribution in [3.63, 3.8) is 0 Å². The molecule has 0 heterocycles. The lowest BCUT2D eigenvalue weighted by atomic mass is 10.1. The largest absolute Gasteiger partial charge is 0.740 e. The normalized spacial score (nSPS) is 13.1. The van der Waals surface area contributed by atoms with Gasteiger partial charge in [-0.2, -0.15) is 13.5 Å². The quantitative estimate of drug-likeness (QED) is 0.374. The lowest BCUT2D eigenvalue weighted by Gasteiger charge is -2.11. The van der Waals surface area contributed by atoms with Crippen molar-refractivity contribution in [1.29, 1.82) is 0 Å². The Bertz CT molecular complexity index is 1160. The first-order chi connectivity index (χ1) is 12.8. The standard InChI is InChI=1S/C16H12N2O7S2/c19-14-9-8-12-13(2-1-3-15(12)25-26(20)21)16(14)18-17-10-4-6-11(7-5-10)27(22,23)24/h1-9,19H,(H,20,21)(H,22,23,24)/p-1. The number of phenolic OH excluding ortho intramolecular Hbond substituents is 1. The zero-order chi connectivity index (χ0) is 19.6. The molecular weight excluding hydrogens is 396 g/mol. The number of azo groups is 1. The number of rotatable bonds is 5. The monoisotopic (exact) mass is 407 g/mol. The van der Waals surface area contributed by atoms with Crippen LogP contribution in [0, 0.1) is 0 Å². The summed E-state index contributed by atoms with van der Waals surface area (Å²) >= 11 is -2.76. The van der Waals surface area contributed by atoms with Crippen LogP contribution in [0.4, 0.5) is 11.4 Å². The van der Waals surface area contributed by atoms with Gasteiger partial charge in [0.15, 0.2) is 0 Å². The second-order valence-electron chi connectivity index (χ2n) is 5.24. The minimum atomic E-state index is -4.31. The van der Waals surface area contributed by atoms with Crippen LogP contribution in [0.15, 0.2) is 69.7 Å². The molecule has 2 N–H and O–H groups in total. The summed E-state index contributed by atoms with van der Waals surface area (Å²) in [7, 11) is -4.31. The summed E-state index contributed by atoms with van der Waals surface area (Å²) in [6, 6.07) is 12.3. The summed E-state index contributed by atoms with van der Waals surface area (Å²) in [5, 5.41) is 18.8. The highest BCUT2D eigenvalue weighted by atomic mass is 32.2. The minimum Gasteiger partial charge on any atom is -0.740 e. The fourth-order valence-corrected chi connectivity index (χ4v) is 3.12. The molecule has 27 heavy (non-hydrogen) atoms. The van der Waals surface area contributed by atoms with Crippen molar-refractivity contribution in [2.45, 2.75) is 4.90 Å².